The standard InChI is InChI=1S/C13H24N4O/c1-4-5-14-13(11-8-15-17(3)9-11)12-10-16(2)6-7-18-12/h8-9,12-14H,4-7,10H2,1-3H3. The van der Waals surface area contributed by atoms with Crippen LogP contribution in [0.25, 0.3) is 0 Å². The zero-order valence-electron chi connectivity index (χ0n) is 11.6. The molecule has 0 saturated carbocycles. The first-order chi connectivity index (χ1) is 8.70. The van der Waals surface area contributed by atoms with Gasteiger partial charge in [-0.2, -0.15) is 5.10 Å². The van der Waals surface area contributed by atoms with Gasteiger partial charge in [0.25, 0.3) is 0 Å². The number of hydrogen-bond acceptors (Lipinski definition) is 4. The second-order valence-corrected chi connectivity index (χ2v) is 5.05. The molecule has 1 aromatic rings. The second-order valence-electron chi connectivity index (χ2n) is 5.05. The summed E-state index contributed by atoms with van der Waals surface area (Å²) in [6, 6.07) is 0.237. The molecule has 0 amide bonds. The number of nitrogens with one attached hydrogen (secondary N) is 1. The Morgan fingerprint density at radius 2 is 2.39 bits per heavy atom. The molecule has 1 aliphatic heterocycles. The van der Waals surface area contributed by atoms with Crippen LogP contribution in [0.3, 0.4) is 0 Å². The van der Waals surface area contributed by atoms with Crippen LogP contribution < -0.4 is 5.32 Å². The summed E-state index contributed by atoms with van der Waals surface area (Å²) < 4.78 is 7.78. The molecule has 0 radical (unpaired) electrons. The Hall–Kier alpha value is -0.910. The highest BCUT2D eigenvalue weighted by Gasteiger charge is 2.28. The van der Waals surface area contributed by atoms with Crippen LogP contribution in [0, 0.1) is 0 Å². The largest absolute Gasteiger partial charge is 0.374 e. The average molecular weight is 252 g/mol. The van der Waals surface area contributed by atoms with Crippen LogP contribution in [-0.2, 0) is 11.8 Å². The van der Waals surface area contributed by atoms with E-state index in [1.54, 1.807) is 0 Å². The van der Waals surface area contributed by atoms with Crippen molar-refractivity contribution >= 4 is 0 Å². The maximum absolute atomic E-state index is 5.93. The smallest absolute Gasteiger partial charge is 0.0897 e. The first-order valence-electron chi connectivity index (χ1n) is 6.72. The third-order valence-electron chi connectivity index (χ3n) is 3.37. The van der Waals surface area contributed by atoms with Gasteiger partial charge in [0.15, 0.2) is 0 Å². The summed E-state index contributed by atoms with van der Waals surface area (Å²) in [5, 5.41) is 7.85. The molecule has 2 heterocycles. The predicted octanol–water partition coefficient (Wildman–Crippen LogP) is 0.791. The highest BCUT2D eigenvalue weighted by atomic mass is 16.5. The van der Waals surface area contributed by atoms with Crippen LogP contribution >= 0.6 is 0 Å². The van der Waals surface area contributed by atoms with Gasteiger partial charge in [-0.3, -0.25) is 4.68 Å². The van der Waals surface area contributed by atoms with E-state index < -0.39 is 0 Å². The van der Waals surface area contributed by atoms with Crippen LogP contribution in [0.5, 0.6) is 0 Å². The molecule has 102 valence electrons. The predicted molar refractivity (Wildman–Crippen MR) is 71.5 cm³/mol. The van der Waals surface area contributed by atoms with Gasteiger partial charge < -0.3 is 15.0 Å². The van der Waals surface area contributed by atoms with E-state index in [-0.39, 0.29) is 12.1 Å². The van der Waals surface area contributed by atoms with Gasteiger partial charge >= 0.3 is 0 Å². The number of hydrogen-bond donors (Lipinski definition) is 1. The number of rotatable bonds is 5. The molecule has 0 aliphatic carbocycles. The number of morpholine rings is 1. The van der Waals surface area contributed by atoms with Crippen molar-refractivity contribution in [2.24, 2.45) is 7.05 Å². The van der Waals surface area contributed by atoms with Gasteiger partial charge in [-0.1, -0.05) is 6.92 Å². The molecular formula is C13H24N4O. The first kappa shape index (κ1) is 13.5. The Morgan fingerprint density at radius 1 is 1.56 bits per heavy atom. The molecule has 1 aromatic heterocycles. The molecule has 1 N–H and O–H groups in total. The molecule has 1 aliphatic rings. The molecule has 0 aromatic carbocycles. The Balaban J connectivity index is 2.08. The molecule has 5 nitrogen and oxygen atoms in total. The van der Waals surface area contributed by atoms with Crippen molar-refractivity contribution in [3.8, 4) is 0 Å². The van der Waals surface area contributed by atoms with Crippen molar-refractivity contribution in [3.63, 3.8) is 0 Å². The van der Waals surface area contributed by atoms with E-state index in [0.29, 0.717) is 0 Å². The van der Waals surface area contributed by atoms with Crippen LogP contribution in [0.1, 0.15) is 24.9 Å². The van der Waals surface area contributed by atoms with E-state index in [1.165, 1.54) is 5.56 Å². The van der Waals surface area contributed by atoms with Gasteiger partial charge in [-0.25, -0.2) is 0 Å². The van der Waals surface area contributed by atoms with Gasteiger partial charge in [-0.15, -0.1) is 0 Å². The van der Waals surface area contributed by atoms with Gasteiger partial charge in [0.2, 0.25) is 0 Å². The van der Waals surface area contributed by atoms with Crippen LogP contribution in [0.4, 0.5) is 0 Å². The Morgan fingerprint density at radius 3 is 3.00 bits per heavy atom. The lowest BCUT2D eigenvalue weighted by atomic mass is 10.0. The Kier molecular flexibility index (Phi) is 4.74. The lowest BCUT2D eigenvalue weighted by Gasteiger charge is -2.35. The van der Waals surface area contributed by atoms with Gasteiger partial charge in [0.1, 0.15) is 0 Å². The highest BCUT2D eigenvalue weighted by molar-refractivity contribution is 5.13. The summed E-state index contributed by atoms with van der Waals surface area (Å²) in [6.07, 6.45) is 5.34. The minimum Gasteiger partial charge on any atom is -0.374 e. The normalized spacial score (nSPS) is 23.2. The number of aryl methyl sites for hydroxylation is 1. The summed E-state index contributed by atoms with van der Waals surface area (Å²) in [7, 11) is 4.10. The molecule has 0 spiro atoms. The fourth-order valence-electron chi connectivity index (χ4n) is 2.38. The summed E-state index contributed by atoms with van der Waals surface area (Å²) in [6.45, 7) is 5.98. The number of ether oxygens (including phenoxy) is 1. The molecule has 1 fully saturated rings. The zero-order valence-corrected chi connectivity index (χ0v) is 11.6. The van der Waals surface area contributed by atoms with Gasteiger partial charge in [0.05, 0.1) is 24.9 Å². The van der Waals surface area contributed by atoms with Crippen molar-refractivity contribution in [3.05, 3.63) is 18.0 Å². The summed E-state index contributed by atoms with van der Waals surface area (Å²) in [5.74, 6) is 0. The van der Waals surface area contributed by atoms with Crippen molar-refractivity contribution in [2.45, 2.75) is 25.5 Å². The number of aromatic nitrogens is 2. The molecule has 5 heteroatoms. The summed E-state index contributed by atoms with van der Waals surface area (Å²) in [4.78, 5) is 2.32. The van der Waals surface area contributed by atoms with Crippen molar-refractivity contribution < 1.29 is 4.74 Å². The molecule has 2 unspecified atom stereocenters. The van der Waals surface area contributed by atoms with Crippen molar-refractivity contribution in [1.29, 1.82) is 0 Å². The topological polar surface area (TPSA) is 42.3 Å². The third kappa shape index (κ3) is 3.31. The molecule has 1 saturated heterocycles. The lowest BCUT2D eigenvalue weighted by molar-refractivity contribution is -0.0392. The van der Waals surface area contributed by atoms with Gasteiger partial charge in [0, 0.05) is 31.9 Å². The molecular weight excluding hydrogens is 228 g/mol. The fourth-order valence-corrected chi connectivity index (χ4v) is 2.38. The Bertz CT molecular complexity index is 366. The fraction of sp³-hybridized carbons (Fsp3) is 0.769. The molecule has 2 atom stereocenters. The highest BCUT2D eigenvalue weighted by Crippen LogP contribution is 2.21. The Labute approximate surface area is 109 Å². The summed E-state index contributed by atoms with van der Waals surface area (Å²) >= 11 is 0. The van der Waals surface area contributed by atoms with Crippen LogP contribution in [0.2, 0.25) is 0 Å². The number of nitrogens with zero attached hydrogens (tertiary/aromatic N) is 3. The lowest BCUT2D eigenvalue weighted by Crippen LogP contribution is -2.46. The molecule has 18 heavy (non-hydrogen) atoms. The SMILES string of the molecule is CCCNC(c1cnn(C)c1)C1CN(C)CCO1. The molecule has 0 bridgehead atoms. The minimum absolute atomic E-state index is 0.208. The first-order valence-corrected chi connectivity index (χ1v) is 6.72. The van der Waals surface area contributed by atoms with E-state index >= 15 is 0 Å². The maximum atomic E-state index is 5.93. The van der Waals surface area contributed by atoms with Gasteiger partial charge in [-0.05, 0) is 20.0 Å². The minimum atomic E-state index is 0.208. The van der Waals surface area contributed by atoms with E-state index in [2.05, 4.69) is 35.5 Å². The van der Waals surface area contributed by atoms with E-state index in [9.17, 15) is 0 Å². The van der Waals surface area contributed by atoms with Crippen molar-refractivity contribution in [1.82, 2.24) is 20.0 Å². The van der Waals surface area contributed by atoms with E-state index in [0.717, 1.165) is 32.7 Å². The van der Waals surface area contributed by atoms with Crippen molar-refractivity contribution in [2.75, 3.05) is 33.3 Å². The monoisotopic (exact) mass is 252 g/mol. The van der Waals surface area contributed by atoms with Crippen LogP contribution in [-0.4, -0.2) is 54.1 Å². The third-order valence-corrected chi connectivity index (χ3v) is 3.37. The maximum Gasteiger partial charge on any atom is 0.0897 e. The zero-order chi connectivity index (χ0) is 13.0. The van der Waals surface area contributed by atoms with Crippen LogP contribution in [0.15, 0.2) is 12.4 Å². The average Bonchev–Trinajstić information content (AvgIpc) is 2.76. The van der Waals surface area contributed by atoms with E-state index in [1.807, 2.05) is 17.9 Å². The quantitative estimate of drug-likeness (QED) is 0.841. The molecule has 2 rings (SSSR count). The second kappa shape index (κ2) is 6.31. The van der Waals surface area contributed by atoms with E-state index in [4.69, 9.17) is 4.74 Å². The summed E-state index contributed by atoms with van der Waals surface area (Å²) in [5.41, 5.74) is 1.21. The number of likely N-dealkylation sites (N-methyl/N-ethyl adjacent to an activating group) is 1.